The summed E-state index contributed by atoms with van der Waals surface area (Å²) in [5.41, 5.74) is 3.51. The third kappa shape index (κ3) is 4.22. The van der Waals surface area contributed by atoms with Crippen LogP contribution in [0.1, 0.15) is 15.9 Å². The van der Waals surface area contributed by atoms with E-state index < -0.39 is 0 Å². The van der Waals surface area contributed by atoms with Gasteiger partial charge in [0.2, 0.25) is 0 Å². The Morgan fingerprint density at radius 1 is 0.935 bits per heavy atom. The van der Waals surface area contributed by atoms with Crippen LogP contribution in [0.5, 0.6) is 0 Å². The molecule has 0 atom stereocenters. The predicted octanol–water partition coefficient (Wildman–Crippen LogP) is 4.02. The van der Waals surface area contributed by atoms with E-state index in [2.05, 4.69) is 22.0 Å². The molecule has 0 aliphatic carbocycles. The SMILES string of the molecule is O=C(c1cn(Cc2ccccc2)nc1-c1ccccc1)N1CCN(c2nccs2)CC1. The van der Waals surface area contributed by atoms with Gasteiger partial charge in [-0.25, -0.2) is 4.98 Å². The van der Waals surface area contributed by atoms with Crippen LogP contribution in [0.25, 0.3) is 11.3 Å². The summed E-state index contributed by atoms with van der Waals surface area (Å²) in [4.78, 5) is 22.1. The number of amides is 1. The van der Waals surface area contributed by atoms with Crippen LogP contribution in [0.2, 0.25) is 0 Å². The van der Waals surface area contributed by atoms with Crippen LogP contribution < -0.4 is 4.90 Å². The van der Waals surface area contributed by atoms with Gasteiger partial charge in [-0.05, 0) is 5.56 Å². The highest BCUT2D eigenvalue weighted by Gasteiger charge is 2.27. The second-order valence-electron chi connectivity index (χ2n) is 7.53. The number of nitrogens with zero attached hydrogens (tertiary/aromatic N) is 5. The first-order chi connectivity index (χ1) is 15.3. The molecule has 1 aliphatic rings. The molecule has 0 saturated carbocycles. The van der Waals surface area contributed by atoms with E-state index in [0.29, 0.717) is 25.2 Å². The number of aromatic nitrogens is 3. The lowest BCUT2D eigenvalue weighted by Crippen LogP contribution is -2.48. The summed E-state index contributed by atoms with van der Waals surface area (Å²) in [6, 6.07) is 20.1. The van der Waals surface area contributed by atoms with Gasteiger partial charge in [0.15, 0.2) is 5.13 Å². The zero-order valence-corrected chi connectivity index (χ0v) is 17.9. The molecule has 2 aromatic heterocycles. The summed E-state index contributed by atoms with van der Waals surface area (Å²) < 4.78 is 1.87. The summed E-state index contributed by atoms with van der Waals surface area (Å²) in [7, 11) is 0. The van der Waals surface area contributed by atoms with Crippen LogP contribution >= 0.6 is 11.3 Å². The molecule has 0 unspecified atom stereocenters. The Bertz CT molecular complexity index is 1130. The van der Waals surface area contributed by atoms with Crippen molar-refractivity contribution in [3.63, 3.8) is 0 Å². The van der Waals surface area contributed by atoms with Crippen molar-refractivity contribution in [3.8, 4) is 11.3 Å². The van der Waals surface area contributed by atoms with Gasteiger partial charge in [-0.1, -0.05) is 60.7 Å². The molecule has 1 aliphatic heterocycles. The fourth-order valence-corrected chi connectivity index (χ4v) is 4.58. The molecule has 0 spiro atoms. The first-order valence-corrected chi connectivity index (χ1v) is 11.3. The fraction of sp³-hybridized carbons (Fsp3) is 0.208. The Labute approximate surface area is 185 Å². The minimum atomic E-state index is 0.0388. The van der Waals surface area contributed by atoms with Gasteiger partial charge in [0.25, 0.3) is 5.91 Å². The Kier molecular flexibility index (Phi) is 5.50. The number of anilines is 1. The molecule has 0 radical (unpaired) electrons. The monoisotopic (exact) mass is 429 g/mol. The maximum atomic E-state index is 13.5. The molecule has 1 fully saturated rings. The first kappa shape index (κ1) is 19.5. The number of hydrogen-bond donors (Lipinski definition) is 0. The zero-order valence-electron chi connectivity index (χ0n) is 17.1. The van der Waals surface area contributed by atoms with Gasteiger partial charge < -0.3 is 9.80 Å². The predicted molar refractivity (Wildman–Crippen MR) is 123 cm³/mol. The van der Waals surface area contributed by atoms with E-state index in [4.69, 9.17) is 5.10 Å². The highest BCUT2D eigenvalue weighted by atomic mass is 32.1. The van der Waals surface area contributed by atoms with Crippen molar-refractivity contribution in [2.45, 2.75) is 6.54 Å². The van der Waals surface area contributed by atoms with Crippen LogP contribution in [-0.4, -0.2) is 51.8 Å². The van der Waals surface area contributed by atoms with Crippen molar-refractivity contribution in [3.05, 3.63) is 89.6 Å². The largest absolute Gasteiger partial charge is 0.345 e. The third-order valence-electron chi connectivity index (χ3n) is 5.48. The summed E-state index contributed by atoms with van der Waals surface area (Å²) in [5, 5.41) is 7.80. The van der Waals surface area contributed by atoms with Gasteiger partial charge in [0.1, 0.15) is 5.69 Å². The summed E-state index contributed by atoms with van der Waals surface area (Å²) in [5.74, 6) is 0.0388. The van der Waals surface area contributed by atoms with Crippen LogP contribution in [0.3, 0.4) is 0 Å². The average molecular weight is 430 g/mol. The Balaban J connectivity index is 1.40. The molecule has 4 aromatic rings. The zero-order chi connectivity index (χ0) is 21.0. The molecule has 5 rings (SSSR count). The molecule has 156 valence electrons. The van der Waals surface area contributed by atoms with E-state index in [0.717, 1.165) is 35.0 Å². The van der Waals surface area contributed by atoms with Crippen molar-refractivity contribution < 1.29 is 4.79 Å². The van der Waals surface area contributed by atoms with E-state index in [-0.39, 0.29) is 5.91 Å². The number of rotatable bonds is 5. The Morgan fingerprint density at radius 2 is 1.65 bits per heavy atom. The minimum Gasteiger partial charge on any atom is -0.345 e. The van der Waals surface area contributed by atoms with Gasteiger partial charge >= 0.3 is 0 Å². The van der Waals surface area contributed by atoms with Crippen LogP contribution in [0.15, 0.2) is 78.4 Å². The normalized spacial score (nSPS) is 14.1. The van der Waals surface area contributed by atoms with E-state index >= 15 is 0 Å². The molecule has 0 bridgehead atoms. The van der Waals surface area contributed by atoms with Gasteiger partial charge in [-0.3, -0.25) is 9.48 Å². The van der Waals surface area contributed by atoms with E-state index in [1.54, 1.807) is 11.3 Å². The molecular weight excluding hydrogens is 406 g/mol. The third-order valence-corrected chi connectivity index (χ3v) is 6.32. The first-order valence-electron chi connectivity index (χ1n) is 10.4. The van der Waals surface area contributed by atoms with Crippen molar-refractivity contribution in [1.82, 2.24) is 19.7 Å². The van der Waals surface area contributed by atoms with Crippen LogP contribution in [0.4, 0.5) is 5.13 Å². The second kappa shape index (κ2) is 8.73. The van der Waals surface area contributed by atoms with Crippen molar-refractivity contribution in [2.24, 2.45) is 0 Å². The number of thiazole rings is 1. The number of benzene rings is 2. The van der Waals surface area contributed by atoms with E-state index in [9.17, 15) is 4.79 Å². The summed E-state index contributed by atoms with van der Waals surface area (Å²) in [6.07, 6.45) is 3.72. The highest BCUT2D eigenvalue weighted by Crippen LogP contribution is 2.25. The van der Waals surface area contributed by atoms with Crippen LogP contribution in [0, 0.1) is 0 Å². The summed E-state index contributed by atoms with van der Waals surface area (Å²) in [6.45, 7) is 3.56. The Morgan fingerprint density at radius 3 is 2.32 bits per heavy atom. The second-order valence-corrected chi connectivity index (χ2v) is 8.41. The number of piperazine rings is 1. The molecular formula is C24H23N5OS. The maximum absolute atomic E-state index is 13.5. The highest BCUT2D eigenvalue weighted by molar-refractivity contribution is 7.13. The van der Waals surface area contributed by atoms with Crippen molar-refractivity contribution in [2.75, 3.05) is 31.1 Å². The van der Waals surface area contributed by atoms with Crippen LogP contribution in [-0.2, 0) is 6.54 Å². The van der Waals surface area contributed by atoms with Gasteiger partial charge in [-0.15, -0.1) is 11.3 Å². The van der Waals surface area contributed by atoms with Gasteiger partial charge in [-0.2, -0.15) is 5.10 Å². The van der Waals surface area contributed by atoms with Gasteiger partial charge in [0.05, 0.1) is 12.1 Å². The molecule has 3 heterocycles. The smallest absolute Gasteiger partial charge is 0.257 e. The summed E-state index contributed by atoms with van der Waals surface area (Å²) >= 11 is 1.64. The molecule has 31 heavy (non-hydrogen) atoms. The Hall–Kier alpha value is -3.45. The lowest BCUT2D eigenvalue weighted by molar-refractivity contribution is 0.0747. The van der Waals surface area contributed by atoms with E-state index in [1.165, 1.54) is 0 Å². The average Bonchev–Trinajstić information content (AvgIpc) is 3.51. The van der Waals surface area contributed by atoms with Crippen molar-refractivity contribution in [1.29, 1.82) is 0 Å². The van der Waals surface area contributed by atoms with Crippen molar-refractivity contribution >= 4 is 22.4 Å². The van der Waals surface area contributed by atoms with E-state index in [1.807, 2.05) is 75.9 Å². The molecule has 1 saturated heterocycles. The standard InChI is InChI=1S/C24H23N5OS/c30-23(27-12-14-28(15-13-27)24-25-11-16-31-24)21-18-29(17-19-7-3-1-4-8-19)26-22(21)20-9-5-2-6-10-20/h1-11,16,18H,12-15,17H2. The quantitative estimate of drug-likeness (QED) is 0.481. The lowest BCUT2D eigenvalue weighted by atomic mass is 10.1. The number of carbonyl (C=O) groups excluding carboxylic acids is 1. The number of carbonyl (C=O) groups is 1. The molecule has 2 aromatic carbocycles. The maximum Gasteiger partial charge on any atom is 0.257 e. The molecule has 0 N–H and O–H groups in total. The topological polar surface area (TPSA) is 54.3 Å². The molecule has 7 heteroatoms. The lowest BCUT2D eigenvalue weighted by Gasteiger charge is -2.34. The molecule has 1 amide bonds. The number of hydrogen-bond acceptors (Lipinski definition) is 5. The fourth-order valence-electron chi connectivity index (χ4n) is 3.88. The molecule has 6 nitrogen and oxygen atoms in total. The minimum absolute atomic E-state index is 0.0388. The van der Waals surface area contributed by atoms with Gasteiger partial charge in [0, 0.05) is 49.5 Å².